The number of hydrogen-bond donors (Lipinski definition) is 1. The van der Waals surface area contributed by atoms with Crippen LogP contribution in [0, 0.1) is 0 Å². The standard InChI is InChI=1S/C23H34N4O2.HI/c1-5-24-22(27(3)17-20-7-6-14-26(20)2)25-18-23(12-15-29-16-13-23)19-8-10-21(28-4)11-9-19;/h6-11,14H,5,12-13,15-18H2,1-4H3,(H,24,25);1H. The molecule has 1 aliphatic rings. The van der Waals surface area contributed by atoms with Crippen LogP contribution >= 0.6 is 24.0 Å². The first kappa shape index (κ1) is 24.5. The zero-order chi connectivity index (χ0) is 20.7. The maximum Gasteiger partial charge on any atom is 0.194 e. The highest BCUT2D eigenvalue weighted by Crippen LogP contribution is 2.36. The molecule has 1 aromatic heterocycles. The minimum absolute atomic E-state index is 0. The lowest BCUT2D eigenvalue weighted by Crippen LogP contribution is -2.42. The number of aryl methyl sites for hydroxylation is 1. The number of rotatable bonds is 7. The normalized spacial score (nSPS) is 15.9. The Balaban J connectivity index is 0.00000320. The van der Waals surface area contributed by atoms with Crippen LogP contribution in [0.25, 0.3) is 0 Å². The number of nitrogens with one attached hydrogen (secondary N) is 1. The van der Waals surface area contributed by atoms with E-state index in [0.717, 1.165) is 57.4 Å². The molecule has 6 nitrogen and oxygen atoms in total. The first-order chi connectivity index (χ1) is 14.1. The van der Waals surface area contributed by atoms with Gasteiger partial charge in [0.2, 0.25) is 0 Å². The van der Waals surface area contributed by atoms with Crippen molar-refractivity contribution in [2.75, 3.05) is 40.5 Å². The number of aromatic nitrogens is 1. The predicted molar refractivity (Wildman–Crippen MR) is 133 cm³/mol. The highest BCUT2D eigenvalue weighted by Gasteiger charge is 2.34. The molecule has 0 saturated carbocycles. The second kappa shape index (κ2) is 11.6. The van der Waals surface area contributed by atoms with Gasteiger partial charge in [-0.05, 0) is 49.6 Å². The molecule has 0 spiro atoms. The van der Waals surface area contributed by atoms with Gasteiger partial charge < -0.3 is 24.3 Å². The third-order valence-electron chi connectivity index (χ3n) is 5.83. The second-order valence-electron chi connectivity index (χ2n) is 7.76. The van der Waals surface area contributed by atoms with E-state index in [2.05, 4.69) is 66.3 Å². The van der Waals surface area contributed by atoms with Gasteiger partial charge in [0, 0.05) is 51.2 Å². The van der Waals surface area contributed by atoms with Crippen molar-refractivity contribution in [1.82, 2.24) is 14.8 Å². The molecule has 1 aliphatic heterocycles. The minimum Gasteiger partial charge on any atom is -0.497 e. The highest BCUT2D eigenvalue weighted by atomic mass is 127. The number of ether oxygens (including phenoxy) is 2. The smallest absolute Gasteiger partial charge is 0.194 e. The molecule has 1 fully saturated rings. The van der Waals surface area contributed by atoms with E-state index in [-0.39, 0.29) is 29.4 Å². The van der Waals surface area contributed by atoms with Crippen LogP contribution in [-0.4, -0.2) is 55.9 Å². The van der Waals surface area contributed by atoms with Crippen LogP contribution in [0.5, 0.6) is 5.75 Å². The predicted octanol–water partition coefficient (Wildman–Crippen LogP) is 3.80. The zero-order valence-corrected chi connectivity index (χ0v) is 20.9. The monoisotopic (exact) mass is 526 g/mol. The number of halogens is 1. The Kier molecular flexibility index (Phi) is 9.48. The van der Waals surface area contributed by atoms with Crippen LogP contribution in [0.1, 0.15) is 31.0 Å². The van der Waals surface area contributed by atoms with Crippen LogP contribution in [-0.2, 0) is 23.7 Å². The Morgan fingerprint density at radius 1 is 1.23 bits per heavy atom. The summed E-state index contributed by atoms with van der Waals surface area (Å²) in [7, 11) is 5.88. The lowest BCUT2D eigenvalue weighted by Gasteiger charge is -2.37. The van der Waals surface area contributed by atoms with Gasteiger partial charge in [0.15, 0.2) is 5.96 Å². The summed E-state index contributed by atoms with van der Waals surface area (Å²) in [6.45, 7) is 6.06. The molecule has 2 heterocycles. The molecule has 0 bridgehead atoms. The van der Waals surface area contributed by atoms with E-state index in [0.29, 0.717) is 0 Å². The molecule has 0 atom stereocenters. The fourth-order valence-electron chi connectivity index (χ4n) is 3.92. The van der Waals surface area contributed by atoms with Gasteiger partial charge in [0.1, 0.15) is 5.75 Å². The van der Waals surface area contributed by atoms with Crippen LogP contribution in [0.15, 0.2) is 47.6 Å². The Morgan fingerprint density at radius 3 is 2.50 bits per heavy atom. The van der Waals surface area contributed by atoms with Gasteiger partial charge in [-0.1, -0.05) is 12.1 Å². The third kappa shape index (κ3) is 5.91. The molecule has 2 aromatic rings. The van der Waals surface area contributed by atoms with E-state index in [9.17, 15) is 0 Å². The summed E-state index contributed by atoms with van der Waals surface area (Å²) in [5.74, 6) is 1.82. The lowest BCUT2D eigenvalue weighted by atomic mass is 9.74. The van der Waals surface area contributed by atoms with Crippen molar-refractivity contribution >= 4 is 29.9 Å². The van der Waals surface area contributed by atoms with Gasteiger partial charge in [-0.15, -0.1) is 24.0 Å². The van der Waals surface area contributed by atoms with E-state index in [1.807, 2.05) is 12.1 Å². The molecule has 1 N–H and O–H groups in total. The second-order valence-corrected chi connectivity index (χ2v) is 7.76. The maximum absolute atomic E-state index is 5.67. The van der Waals surface area contributed by atoms with Crippen molar-refractivity contribution in [2.45, 2.75) is 31.7 Å². The fraction of sp³-hybridized carbons (Fsp3) is 0.522. The average molecular weight is 526 g/mol. The van der Waals surface area contributed by atoms with Crippen molar-refractivity contribution in [2.24, 2.45) is 12.0 Å². The fourth-order valence-corrected chi connectivity index (χ4v) is 3.92. The molecular formula is C23H35IN4O2. The Morgan fingerprint density at radius 2 is 1.93 bits per heavy atom. The number of hydrogen-bond acceptors (Lipinski definition) is 3. The summed E-state index contributed by atoms with van der Waals surface area (Å²) >= 11 is 0. The van der Waals surface area contributed by atoms with Crippen LogP contribution in [0.2, 0.25) is 0 Å². The molecule has 1 aromatic carbocycles. The molecule has 0 amide bonds. The van der Waals surface area contributed by atoms with Gasteiger partial charge in [-0.2, -0.15) is 0 Å². The molecule has 3 rings (SSSR count). The van der Waals surface area contributed by atoms with E-state index in [4.69, 9.17) is 14.5 Å². The van der Waals surface area contributed by atoms with Crippen LogP contribution in [0.4, 0.5) is 0 Å². The maximum atomic E-state index is 5.67. The highest BCUT2D eigenvalue weighted by molar-refractivity contribution is 14.0. The molecule has 0 radical (unpaired) electrons. The molecule has 30 heavy (non-hydrogen) atoms. The Hall–Kier alpha value is -1.74. The van der Waals surface area contributed by atoms with E-state index >= 15 is 0 Å². The summed E-state index contributed by atoms with van der Waals surface area (Å²) in [5, 5.41) is 3.46. The van der Waals surface area contributed by atoms with Crippen molar-refractivity contribution in [3.8, 4) is 5.75 Å². The van der Waals surface area contributed by atoms with Gasteiger partial charge in [0.05, 0.1) is 20.2 Å². The van der Waals surface area contributed by atoms with Gasteiger partial charge in [-0.3, -0.25) is 4.99 Å². The van der Waals surface area contributed by atoms with E-state index in [1.165, 1.54) is 11.3 Å². The van der Waals surface area contributed by atoms with E-state index in [1.54, 1.807) is 7.11 Å². The van der Waals surface area contributed by atoms with E-state index < -0.39 is 0 Å². The van der Waals surface area contributed by atoms with Crippen molar-refractivity contribution in [3.63, 3.8) is 0 Å². The third-order valence-corrected chi connectivity index (χ3v) is 5.83. The average Bonchev–Trinajstić information content (AvgIpc) is 3.16. The van der Waals surface area contributed by atoms with Crippen molar-refractivity contribution in [3.05, 3.63) is 53.9 Å². The van der Waals surface area contributed by atoms with Crippen molar-refractivity contribution < 1.29 is 9.47 Å². The van der Waals surface area contributed by atoms with Gasteiger partial charge in [-0.25, -0.2) is 0 Å². The summed E-state index contributed by atoms with van der Waals surface area (Å²) in [5.41, 5.74) is 2.57. The van der Waals surface area contributed by atoms with Gasteiger partial charge in [0.25, 0.3) is 0 Å². The summed E-state index contributed by atoms with van der Waals surface area (Å²) < 4.78 is 13.2. The Bertz CT molecular complexity index is 798. The number of nitrogens with zero attached hydrogens (tertiary/aromatic N) is 3. The first-order valence-corrected chi connectivity index (χ1v) is 10.4. The molecule has 166 valence electrons. The zero-order valence-electron chi connectivity index (χ0n) is 18.6. The molecule has 0 aliphatic carbocycles. The molecule has 1 saturated heterocycles. The topological polar surface area (TPSA) is 51.0 Å². The lowest BCUT2D eigenvalue weighted by molar-refractivity contribution is 0.0530. The number of methoxy groups -OCH3 is 1. The Labute approximate surface area is 197 Å². The SMILES string of the molecule is CCNC(=NCC1(c2ccc(OC)cc2)CCOCC1)N(C)Cc1cccn1C.I. The molecule has 7 heteroatoms. The van der Waals surface area contributed by atoms with Crippen LogP contribution in [0.3, 0.4) is 0 Å². The molecular weight excluding hydrogens is 491 g/mol. The number of aliphatic imine (C=N–C) groups is 1. The quantitative estimate of drug-likeness (QED) is 0.339. The summed E-state index contributed by atoms with van der Waals surface area (Å²) in [6, 6.07) is 12.7. The molecule has 0 unspecified atom stereocenters. The largest absolute Gasteiger partial charge is 0.497 e. The van der Waals surface area contributed by atoms with Gasteiger partial charge >= 0.3 is 0 Å². The number of benzene rings is 1. The minimum atomic E-state index is -0.00297. The number of guanidine groups is 1. The first-order valence-electron chi connectivity index (χ1n) is 10.4. The summed E-state index contributed by atoms with van der Waals surface area (Å²) in [6.07, 6.45) is 4.03. The van der Waals surface area contributed by atoms with Crippen LogP contribution < -0.4 is 10.1 Å². The van der Waals surface area contributed by atoms with Crippen molar-refractivity contribution in [1.29, 1.82) is 0 Å². The summed E-state index contributed by atoms with van der Waals surface area (Å²) in [4.78, 5) is 7.27.